The first-order chi connectivity index (χ1) is 12.4. The van der Waals surface area contributed by atoms with Gasteiger partial charge in [-0.25, -0.2) is 4.79 Å². The Kier molecular flexibility index (Phi) is 14.6. The maximum absolute atomic E-state index is 11.0. The van der Waals surface area contributed by atoms with Gasteiger partial charge in [0.1, 0.15) is 24.4 Å². The molecule has 0 aromatic heterocycles. The van der Waals surface area contributed by atoms with Crippen LogP contribution in [-0.4, -0.2) is 120 Å². The number of aliphatic hydroxyl groups is 8. The molecule has 0 saturated heterocycles. The van der Waals surface area contributed by atoms with Crippen LogP contribution in [0.2, 0.25) is 0 Å². The minimum absolute atomic E-state index is 0.365. The fourth-order valence-corrected chi connectivity index (χ4v) is 1.65. The highest BCUT2D eigenvalue weighted by Gasteiger charge is 2.37. The van der Waals surface area contributed by atoms with Crippen molar-refractivity contribution in [2.24, 2.45) is 0 Å². The number of aliphatic carboxylic acids is 1. The lowest BCUT2D eigenvalue weighted by Gasteiger charge is -2.32. The number of hydrogen-bond acceptors (Lipinski definition) is 11. The zero-order valence-corrected chi connectivity index (χ0v) is 14.5. The molecule has 0 rings (SSSR count). The molecule has 0 aromatic rings. The minimum Gasteiger partial charge on any atom is -0.475 e. The molecule has 0 radical (unpaired) electrons. The standard InChI is InChI=1S/C11H19NO9.C3H8O3/c1-4(14)12-8(5(15)2-6(16)11(20)21)10(19)9(18)7(17)3-13;4-1-3(6)2-5/h5,7-10,13,15,17-19H,2-3H2,1H3,(H,12,14)(H,20,21);3-6H,1-2H2/t5-,7+,8+,9+,10+;/m0./s1. The number of hydrogen-bond donors (Lipinski definition) is 10. The molecule has 27 heavy (non-hydrogen) atoms. The van der Waals surface area contributed by atoms with Gasteiger partial charge in [0.2, 0.25) is 11.7 Å². The largest absolute Gasteiger partial charge is 0.475 e. The van der Waals surface area contributed by atoms with Gasteiger partial charge in [-0.3, -0.25) is 9.59 Å². The number of ketones is 1. The van der Waals surface area contributed by atoms with Crippen LogP contribution < -0.4 is 5.32 Å². The van der Waals surface area contributed by atoms with Crippen molar-refractivity contribution in [2.75, 3.05) is 19.8 Å². The van der Waals surface area contributed by atoms with E-state index in [-0.39, 0.29) is 13.2 Å². The maximum Gasteiger partial charge on any atom is 0.372 e. The van der Waals surface area contributed by atoms with Crippen LogP contribution >= 0.6 is 0 Å². The molecule has 0 unspecified atom stereocenters. The number of carbonyl (C=O) groups is 3. The Morgan fingerprint density at radius 1 is 0.815 bits per heavy atom. The molecule has 0 aliphatic rings. The average molecular weight is 401 g/mol. The minimum atomic E-state index is -1.94. The summed E-state index contributed by atoms with van der Waals surface area (Å²) in [6.45, 7) is -0.595. The monoisotopic (exact) mass is 401 g/mol. The van der Waals surface area contributed by atoms with Crippen LogP contribution in [0.4, 0.5) is 0 Å². The summed E-state index contributed by atoms with van der Waals surface area (Å²) < 4.78 is 0. The second-order valence-corrected chi connectivity index (χ2v) is 5.48. The molecule has 0 bridgehead atoms. The van der Waals surface area contributed by atoms with Gasteiger partial charge in [-0.1, -0.05) is 0 Å². The van der Waals surface area contributed by atoms with Crippen molar-refractivity contribution in [3.63, 3.8) is 0 Å². The van der Waals surface area contributed by atoms with Crippen molar-refractivity contribution in [2.45, 2.75) is 49.9 Å². The van der Waals surface area contributed by atoms with Crippen LogP contribution in [0.1, 0.15) is 13.3 Å². The summed E-state index contributed by atoms with van der Waals surface area (Å²) in [5, 5.41) is 81.5. The van der Waals surface area contributed by atoms with Gasteiger partial charge in [0.15, 0.2) is 0 Å². The summed E-state index contributed by atoms with van der Waals surface area (Å²) in [5.41, 5.74) is 0. The van der Waals surface area contributed by atoms with E-state index >= 15 is 0 Å². The topological polar surface area (TPSA) is 245 Å². The number of amides is 1. The highest BCUT2D eigenvalue weighted by molar-refractivity contribution is 6.32. The molecule has 0 aliphatic heterocycles. The second kappa shape index (κ2) is 14.4. The van der Waals surface area contributed by atoms with E-state index in [1.807, 2.05) is 5.32 Å². The smallest absolute Gasteiger partial charge is 0.372 e. The first-order valence-corrected chi connectivity index (χ1v) is 7.68. The van der Waals surface area contributed by atoms with Gasteiger partial charge in [0.05, 0.1) is 32.0 Å². The number of carboxylic acid groups (broad SMARTS) is 1. The number of carboxylic acids is 1. The molecule has 13 nitrogen and oxygen atoms in total. The average Bonchev–Trinajstić information content (AvgIpc) is 2.63. The van der Waals surface area contributed by atoms with Crippen LogP contribution in [0.15, 0.2) is 0 Å². The highest BCUT2D eigenvalue weighted by atomic mass is 16.4. The van der Waals surface area contributed by atoms with E-state index in [4.69, 9.17) is 25.5 Å². The highest BCUT2D eigenvalue weighted by Crippen LogP contribution is 2.11. The lowest BCUT2D eigenvalue weighted by Crippen LogP contribution is -2.57. The van der Waals surface area contributed by atoms with E-state index in [2.05, 4.69) is 0 Å². The van der Waals surface area contributed by atoms with E-state index in [0.717, 1.165) is 6.92 Å². The molecular weight excluding hydrogens is 374 g/mol. The second-order valence-electron chi connectivity index (χ2n) is 5.48. The third kappa shape index (κ3) is 11.6. The molecule has 0 aromatic carbocycles. The van der Waals surface area contributed by atoms with Gasteiger partial charge < -0.3 is 51.3 Å². The fourth-order valence-electron chi connectivity index (χ4n) is 1.65. The van der Waals surface area contributed by atoms with Crippen molar-refractivity contribution in [3.05, 3.63) is 0 Å². The normalized spacial score (nSPS) is 16.4. The van der Waals surface area contributed by atoms with Crippen molar-refractivity contribution in [1.29, 1.82) is 0 Å². The number of aliphatic hydroxyl groups excluding tert-OH is 8. The van der Waals surface area contributed by atoms with Gasteiger partial charge in [-0.15, -0.1) is 0 Å². The Morgan fingerprint density at radius 3 is 1.59 bits per heavy atom. The van der Waals surface area contributed by atoms with Gasteiger partial charge in [0.25, 0.3) is 0 Å². The molecule has 0 heterocycles. The lowest BCUT2D eigenvalue weighted by atomic mass is 9.94. The third-order valence-electron chi connectivity index (χ3n) is 3.14. The Bertz CT molecular complexity index is 455. The number of nitrogens with one attached hydrogen (secondary N) is 1. The molecule has 1 amide bonds. The Hall–Kier alpha value is -1.71. The van der Waals surface area contributed by atoms with E-state index in [0.29, 0.717) is 0 Å². The molecule has 10 N–H and O–H groups in total. The van der Waals surface area contributed by atoms with E-state index in [9.17, 15) is 34.8 Å². The summed E-state index contributed by atoms with van der Waals surface area (Å²) >= 11 is 0. The summed E-state index contributed by atoms with van der Waals surface area (Å²) in [5.74, 6) is -3.89. The zero-order valence-electron chi connectivity index (χ0n) is 14.5. The molecule has 5 atom stereocenters. The lowest BCUT2D eigenvalue weighted by molar-refractivity contribution is -0.151. The van der Waals surface area contributed by atoms with Crippen LogP contribution in [0.3, 0.4) is 0 Å². The molecular formula is C14H27NO12. The SMILES string of the molecule is CC(=O)N[C@@H]([C@@H](O)[C@H](O)[C@H](O)CO)[C@@H](O)CC(=O)C(=O)O.OCC(O)CO. The van der Waals surface area contributed by atoms with Crippen molar-refractivity contribution < 1.29 is 60.3 Å². The molecule has 13 heteroatoms. The molecule has 0 saturated carbocycles. The molecule has 0 aliphatic carbocycles. The van der Waals surface area contributed by atoms with Gasteiger partial charge in [-0.2, -0.15) is 0 Å². The van der Waals surface area contributed by atoms with E-state index < -0.39 is 67.2 Å². The predicted octanol–water partition coefficient (Wildman–Crippen LogP) is -5.70. The maximum atomic E-state index is 11.0. The van der Waals surface area contributed by atoms with E-state index in [1.54, 1.807) is 0 Å². The molecule has 0 spiro atoms. The fraction of sp³-hybridized carbons (Fsp3) is 0.786. The van der Waals surface area contributed by atoms with Crippen LogP contribution in [-0.2, 0) is 14.4 Å². The first-order valence-electron chi connectivity index (χ1n) is 7.68. The number of Topliss-reactive ketones (excluding diaryl/α,β-unsaturated/α-hetero) is 1. The first kappa shape index (κ1) is 27.5. The Labute approximate surface area is 154 Å². The van der Waals surface area contributed by atoms with Crippen molar-refractivity contribution in [1.82, 2.24) is 5.32 Å². The molecule has 0 fully saturated rings. The summed E-state index contributed by atoms with van der Waals surface area (Å²) in [6.07, 6.45) is -9.30. The van der Waals surface area contributed by atoms with Gasteiger partial charge in [0, 0.05) is 13.3 Å². The third-order valence-corrected chi connectivity index (χ3v) is 3.14. The van der Waals surface area contributed by atoms with Crippen molar-refractivity contribution in [3.8, 4) is 0 Å². The Balaban J connectivity index is 0. The Morgan fingerprint density at radius 2 is 1.30 bits per heavy atom. The summed E-state index contributed by atoms with van der Waals surface area (Å²) in [7, 11) is 0. The van der Waals surface area contributed by atoms with Crippen LogP contribution in [0.5, 0.6) is 0 Å². The quantitative estimate of drug-likeness (QED) is 0.146. The van der Waals surface area contributed by atoms with Crippen LogP contribution in [0, 0.1) is 0 Å². The summed E-state index contributed by atoms with van der Waals surface area (Å²) in [6, 6.07) is -1.61. The van der Waals surface area contributed by atoms with Crippen molar-refractivity contribution >= 4 is 17.7 Å². The molecule has 160 valence electrons. The van der Waals surface area contributed by atoms with Crippen LogP contribution in [0.25, 0.3) is 0 Å². The zero-order chi connectivity index (χ0) is 21.7. The van der Waals surface area contributed by atoms with Gasteiger partial charge in [-0.05, 0) is 0 Å². The number of carbonyl (C=O) groups excluding carboxylic acids is 2. The summed E-state index contributed by atoms with van der Waals surface area (Å²) in [4.78, 5) is 32.4. The number of rotatable bonds is 11. The van der Waals surface area contributed by atoms with E-state index in [1.165, 1.54) is 0 Å². The van der Waals surface area contributed by atoms with Gasteiger partial charge >= 0.3 is 5.97 Å². The predicted molar refractivity (Wildman–Crippen MR) is 86.2 cm³/mol.